The summed E-state index contributed by atoms with van der Waals surface area (Å²) in [5.74, 6) is 0.552. The topological polar surface area (TPSA) is 38.7 Å². The summed E-state index contributed by atoms with van der Waals surface area (Å²) in [6.07, 6.45) is -2.65. The summed E-state index contributed by atoms with van der Waals surface area (Å²) in [6, 6.07) is 2.52. The van der Waals surface area contributed by atoms with Crippen LogP contribution >= 0.6 is 0 Å². The molecule has 1 aromatic rings. The lowest BCUT2D eigenvalue weighted by Crippen LogP contribution is -1.99. The lowest BCUT2D eigenvalue weighted by Gasteiger charge is -2.12. The largest absolute Gasteiger partial charge is 0.493 e. The van der Waals surface area contributed by atoms with E-state index in [1.54, 1.807) is 0 Å². The molecular weight excluding hydrogens is 206 g/mol. The zero-order chi connectivity index (χ0) is 11.4. The SMILES string of the molecule is COc1cc(CO)c(C(F)F)cc1OC. The van der Waals surface area contributed by atoms with Crippen LogP contribution in [0.5, 0.6) is 11.5 Å². The maximum absolute atomic E-state index is 12.6. The second kappa shape index (κ2) is 4.93. The number of rotatable bonds is 4. The Bertz CT molecular complexity index is 340. The molecule has 84 valence electrons. The number of benzene rings is 1. The van der Waals surface area contributed by atoms with Crippen LogP contribution in [0.2, 0.25) is 0 Å². The van der Waals surface area contributed by atoms with E-state index in [0.717, 1.165) is 0 Å². The molecule has 0 unspecified atom stereocenters. The number of methoxy groups -OCH3 is 2. The van der Waals surface area contributed by atoms with Gasteiger partial charge in [0.05, 0.1) is 20.8 Å². The molecule has 0 aromatic heterocycles. The third-order valence-corrected chi connectivity index (χ3v) is 2.05. The first-order valence-electron chi connectivity index (χ1n) is 4.27. The van der Waals surface area contributed by atoms with Gasteiger partial charge < -0.3 is 14.6 Å². The molecule has 5 heteroatoms. The van der Waals surface area contributed by atoms with E-state index in [-0.39, 0.29) is 16.9 Å². The van der Waals surface area contributed by atoms with Gasteiger partial charge in [0.2, 0.25) is 0 Å². The summed E-state index contributed by atoms with van der Waals surface area (Å²) in [5, 5.41) is 8.92. The molecule has 0 spiro atoms. The predicted molar refractivity (Wildman–Crippen MR) is 50.4 cm³/mol. The van der Waals surface area contributed by atoms with Crippen molar-refractivity contribution in [3.8, 4) is 11.5 Å². The molecule has 0 amide bonds. The van der Waals surface area contributed by atoms with Gasteiger partial charge in [-0.25, -0.2) is 8.78 Å². The number of ether oxygens (including phenoxy) is 2. The Morgan fingerprint density at radius 1 is 1.20 bits per heavy atom. The molecule has 0 aliphatic rings. The summed E-state index contributed by atoms with van der Waals surface area (Å²) in [7, 11) is 2.77. The predicted octanol–water partition coefficient (Wildman–Crippen LogP) is 2.13. The summed E-state index contributed by atoms with van der Waals surface area (Å²) >= 11 is 0. The normalized spacial score (nSPS) is 10.5. The molecule has 0 radical (unpaired) electrons. The molecule has 0 saturated heterocycles. The van der Waals surface area contributed by atoms with Gasteiger partial charge in [0.15, 0.2) is 11.5 Å². The van der Waals surface area contributed by atoms with Crippen molar-refractivity contribution in [3.05, 3.63) is 23.3 Å². The average Bonchev–Trinajstić information content (AvgIpc) is 2.26. The minimum Gasteiger partial charge on any atom is -0.493 e. The van der Waals surface area contributed by atoms with E-state index in [0.29, 0.717) is 5.75 Å². The Morgan fingerprint density at radius 3 is 2.13 bits per heavy atom. The van der Waals surface area contributed by atoms with Crippen molar-refractivity contribution in [2.24, 2.45) is 0 Å². The second-order valence-electron chi connectivity index (χ2n) is 2.86. The van der Waals surface area contributed by atoms with Gasteiger partial charge in [-0.05, 0) is 17.7 Å². The van der Waals surface area contributed by atoms with E-state index in [4.69, 9.17) is 14.6 Å². The van der Waals surface area contributed by atoms with Crippen LogP contribution < -0.4 is 9.47 Å². The lowest BCUT2D eigenvalue weighted by atomic mass is 10.1. The van der Waals surface area contributed by atoms with Gasteiger partial charge in [0, 0.05) is 5.56 Å². The number of hydrogen-bond acceptors (Lipinski definition) is 3. The Kier molecular flexibility index (Phi) is 3.85. The van der Waals surface area contributed by atoms with Gasteiger partial charge in [0.25, 0.3) is 6.43 Å². The van der Waals surface area contributed by atoms with Gasteiger partial charge >= 0.3 is 0 Å². The van der Waals surface area contributed by atoms with E-state index in [2.05, 4.69) is 0 Å². The van der Waals surface area contributed by atoms with Crippen LogP contribution in [0, 0.1) is 0 Å². The minimum absolute atomic E-state index is 0.141. The molecule has 0 atom stereocenters. The fraction of sp³-hybridized carbons (Fsp3) is 0.400. The van der Waals surface area contributed by atoms with Gasteiger partial charge in [0.1, 0.15) is 0 Å². The highest BCUT2D eigenvalue weighted by atomic mass is 19.3. The quantitative estimate of drug-likeness (QED) is 0.841. The van der Waals surface area contributed by atoms with Gasteiger partial charge in [-0.1, -0.05) is 0 Å². The number of halogens is 2. The van der Waals surface area contributed by atoms with Crippen LogP contribution in [0.4, 0.5) is 8.78 Å². The molecule has 0 aliphatic carbocycles. The first kappa shape index (κ1) is 11.7. The van der Waals surface area contributed by atoms with E-state index >= 15 is 0 Å². The highest BCUT2D eigenvalue weighted by Crippen LogP contribution is 2.34. The molecule has 3 nitrogen and oxygen atoms in total. The maximum atomic E-state index is 12.6. The second-order valence-corrected chi connectivity index (χ2v) is 2.86. The van der Waals surface area contributed by atoms with E-state index in [9.17, 15) is 8.78 Å². The van der Waals surface area contributed by atoms with E-state index < -0.39 is 13.0 Å². The molecule has 15 heavy (non-hydrogen) atoms. The van der Waals surface area contributed by atoms with Crippen molar-refractivity contribution in [2.75, 3.05) is 14.2 Å². The van der Waals surface area contributed by atoms with Gasteiger partial charge in [-0.2, -0.15) is 0 Å². The molecule has 0 bridgehead atoms. The fourth-order valence-corrected chi connectivity index (χ4v) is 1.28. The molecule has 0 heterocycles. The number of alkyl halides is 2. The number of aliphatic hydroxyl groups is 1. The van der Waals surface area contributed by atoms with Crippen LogP contribution in [-0.2, 0) is 6.61 Å². The zero-order valence-electron chi connectivity index (χ0n) is 8.46. The van der Waals surface area contributed by atoms with Crippen molar-refractivity contribution in [3.63, 3.8) is 0 Å². The van der Waals surface area contributed by atoms with E-state index in [1.165, 1.54) is 26.4 Å². The standard InChI is InChI=1S/C10H12F2O3/c1-14-8-3-6(5-13)7(10(11)12)4-9(8)15-2/h3-4,10,13H,5H2,1-2H3. The molecule has 1 N–H and O–H groups in total. The fourth-order valence-electron chi connectivity index (χ4n) is 1.28. The lowest BCUT2D eigenvalue weighted by molar-refractivity contribution is 0.146. The molecule has 0 aliphatic heterocycles. The van der Waals surface area contributed by atoms with Crippen LogP contribution in [0.25, 0.3) is 0 Å². The smallest absolute Gasteiger partial charge is 0.264 e. The van der Waals surface area contributed by atoms with Crippen molar-refractivity contribution >= 4 is 0 Å². The molecule has 1 aromatic carbocycles. The molecule has 1 rings (SSSR count). The number of hydrogen-bond donors (Lipinski definition) is 1. The first-order chi connectivity index (χ1) is 7.13. The Labute approximate surface area is 86.2 Å². The van der Waals surface area contributed by atoms with Crippen molar-refractivity contribution < 1.29 is 23.4 Å². The summed E-state index contributed by atoms with van der Waals surface area (Å²) in [6.45, 7) is -0.458. The van der Waals surface area contributed by atoms with Crippen LogP contribution in [0.15, 0.2) is 12.1 Å². The van der Waals surface area contributed by atoms with Crippen molar-refractivity contribution in [1.82, 2.24) is 0 Å². The highest BCUT2D eigenvalue weighted by Gasteiger charge is 2.17. The molecule has 0 fully saturated rings. The molecule has 0 saturated carbocycles. The zero-order valence-corrected chi connectivity index (χ0v) is 8.46. The van der Waals surface area contributed by atoms with Crippen molar-refractivity contribution in [2.45, 2.75) is 13.0 Å². The summed E-state index contributed by atoms with van der Waals surface area (Å²) in [5.41, 5.74) is -0.0993. The van der Waals surface area contributed by atoms with E-state index in [1.807, 2.05) is 0 Å². The van der Waals surface area contributed by atoms with Crippen LogP contribution in [-0.4, -0.2) is 19.3 Å². The van der Waals surface area contributed by atoms with Crippen LogP contribution in [0.3, 0.4) is 0 Å². The minimum atomic E-state index is -2.65. The Hall–Kier alpha value is -1.36. The maximum Gasteiger partial charge on any atom is 0.264 e. The first-order valence-corrected chi connectivity index (χ1v) is 4.27. The molecular formula is C10H12F2O3. The number of aliphatic hydroxyl groups excluding tert-OH is 1. The summed E-state index contributed by atoms with van der Waals surface area (Å²) in [4.78, 5) is 0. The monoisotopic (exact) mass is 218 g/mol. The Morgan fingerprint density at radius 2 is 1.73 bits per heavy atom. The highest BCUT2D eigenvalue weighted by molar-refractivity contribution is 5.47. The van der Waals surface area contributed by atoms with Gasteiger partial charge in [-0.15, -0.1) is 0 Å². The van der Waals surface area contributed by atoms with Crippen molar-refractivity contribution in [1.29, 1.82) is 0 Å². The Balaban J connectivity index is 3.27. The third kappa shape index (κ3) is 2.36. The van der Waals surface area contributed by atoms with Crippen LogP contribution in [0.1, 0.15) is 17.6 Å². The third-order valence-electron chi connectivity index (χ3n) is 2.05. The summed E-state index contributed by atoms with van der Waals surface area (Å²) < 4.78 is 34.9. The average molecular weight is 218 g/mol. The van der Waals surface area contributed by atoms with Gasteiger partial charge in [-0.3, -0.25) is 0 Å².